The van der Waals surface area contributed by atoms with Gasteiger partial charge in [0.2, 0.25) is 5.91 Å². The molecular formula is C49H89NO5. The molecule has 1 amide bonds. The summed E-state index contributed by atoms with van der Waals surface area (Å²) in [7, 11) is 0. The van der Waals surface area contributed by atoms with Gasteiger partial charge >= 0.3 is 11.9 Å². The van der Waals surface area contributed by atoms with E-state index in [1.165, 1.54) is 148 Å². The Morgan fingerprint density at radius 3 is 1.36 bits per heavy atom. The summed E-state index contributed by atoms with van der Waals surface area (Å²) in [6.07, 6.45) is 55.9. The lowest BCUT2D eigenvalue weighted by Gasteiger charge is -2.15. The predicted octanol–water partition coefficient (Wildman–Crippen LogP) is 14.9. The van der Waals surface area contributed by atoms with Crippen molar-refractivity contribution in [2.45, 2.75) is 251 Å². The summed E-state index contributed by atoms with van der Waals surface area (Å²) >= 11 is 0. The van der Waals surface area contributed by atoms with Gasteiger partial charge in [0.1, 0.15) is 12.6 Å². The molecule has 55 heavy (non-hydrogen) atoms. The molecule has 6 heteroatoms. The number of esters is 1. The lowest BCUT2D eigenvalue weighted by atomic mass is 10.0. The number of aliphatic carboxylic acids is 1. The lowest BCUT2D eigenvalue weighted by molar-refractivity contribution is -0.147. The average Bonchev–Trinajstić information content (AvgIpc) is 3.17. The molecule has 0 aromatic carbocycles. The molecule has 0 rings (SSSR count). The number of carboxylic acids is 1. The molecule has 6 nitrogen and oxygen atoms in total. The van der Waals surface area contributed by atoms with Crippen molar-refractivity contribution in [3.8, 4) is 0 Å². The number of allylic oxidation sites excluding steroid dienone is 5. The number of hydrogen-bond acceptors (Lipinski definition) is 4. The Hall–Kier alpha value is -2.37. The molecule has 1 unspecified atom stereocenters. The van der Waals surface area contributed by atoms with Crippen LogP contribution in [0.3, 0.4) is 0 Å². The second-order valence-electron chi connectivity index (χ2n) is 16.0. The van der Waals surface area contributed by atoms with Crippen LogP contribution in [0.4, 0.5) is 0 Å². The number of carboxylic acid groups (broad SMARTS) is 1. The largest absolute Gasteiger partial charge is 0.480 e. The van der Waals surface area contributed by atoms with Gasteiger partial charge in [0.25, 0.3) is 0 Å². The van der Waals surface area contributed by atoms with E-state index in [0.717, 1.165) is 70.6 Å². The molecule has 0 aromatic heterocycles. The number of amides is 1. The first kappa shape index (κ1) is 52.6. The highest BCUT2D eigenvalue weighted by Crippen LogP contribution is 2.17. The Labute approximate surface area is 340 Å². The van der Waals surface area contributed by atoms with Gasteiger partial charge in [-0.2, -0.15) is 0 Å². The molecule has 0 saturated carbocycles. The monoisotopic (exact) mass is 772 g/mol. The maximum absolute atomic E-state index is 12.7. The third-order valence-electron chi connectivity index (χ3n) is 10.5. The van der Waals surface area contributed by atoms with E-state index in [0.29, 0.717) is 12.8 Å². The summed E-state index contributed by atoms with van der Waals surface area (Å²) in [6, 6.07) is 0. The molecule has 0 spiro atoms. The smallest absolute Gasteiger partial charge is 0.322 e. The van der Waals surface area contributed by atoms with Crippen LogP contribution in [0.15, 0.2) is 36.5 Å². The van der Waals surface area contributed by atoms with Gasteiger partial charge in [0, 0.05) is 12.8 Å². The Bertz CT molecular complexity index is 942. The molecule has 0 bridgehead atoms. The van der Waals surface area contributed by atoms with Gasteiger partial charge in [-0.05, 0) is 76.7 Å². The molecule has 0 aromatic rings. The topological polar surface area (TPSA) is 92.7 Å². The molecule has 0 aliphatic rings. The van der Waals surface area contributed by atoms with Crippen LogP contribution in [-0.2, 0) is 19.1 Å². The van der Waals surface area contributed by atoms with E-state index in [9.17, 15) is 14.4 Å². The van der Waals surface area contributed by atoms with E-state index in [1.807, 2.05) is 0 Å². The lowest BCUT2D eigenvalue weighted by Crippen LogP contribution is -2.28. The summed E-state index contributed by atoms with van der Waals surface area (Å²) in [5, 5.41) is 11.1. The number of ether oxygens (including phenoxy) is 1. The summed E-state index contributed by atoms with van der Waals surface area (Å²) < 4.78 is 5.97. The quantitative estimate of drug-likeness (QED) is 0.0366. The van der Waals surface area contributed by atoms with Crippen molar-refractivity contribution in [3.05, 3.63) is 36.5 Å². The number of rotatable bonds is 43. The van der Waals surface area contributed by atoms with Crippen molar-refractivity contribution >= 4 is 17.8 Å². The SMILES string of the molecule is CCCCCCC/C=C\C/C=C\CCCCCCCCCCCCCC(=O)OC(/C=C\CCCCCCCCC)CCCCCCCCC(=O)NCC(=O)O. The van der Waals surface area contributed by atoms with Crippen LogP contribution >= 0.6 is 0 Å². The number of hydrogen-bond donors (Lipinski definition) is 2. The highest BCUT2D eigenvalue weighted by molar-refractivity contribution is 5.80. The first-order valence-electron chi connectivity index (χ1n) is 23.6. The van der Waals surface area contributed by atoms with Crippen molar-refractivity contribution in [1.29, 1.82) is 0 Å². The zero-order valence-electron chi connectivity index (χ0n) is 36.3. The Morgan fingerprint density at radius 2 is 0.891 bits per heavy atom. The molecular weight excluding hydrogens is 683 g/mol. The van der Waals surface area contributed by atoms with Crippen LogP contribution in [0.1, 0.15) is 245 Å². The van der Waals surface area contributed by atoms with Gasteiger partial charge < -0.3 is 15.2 Å². The Morgan fingerprint density at radius 1 is 0.491 bits per heavy atom. The van der Waals surface area contributed by atoms with Crippen molar-refractivity contribution in [3.63, 3.8) is 0 Å². The number of unbranched alkanes of at least 4 members (excludes halogenated alkanes) is 28. The molecule has 1 atom stereocenters. The molecule has 2 N–H and O–H groups in total. The van der Waals surface area contributed by atoms with E-state index in [2.05, 4.69) is 55.6 Å². The number of nitrogens with one attached hydrogen (secondary N) is 1. The third-order valence-corrected chi connectivity index (χ3v) is 10.5. The minimum atomic E-state index is -1.01. The van der Waals surface area contributed by atoms with Crippen molar-refractivity contribution < 1.29 is 24.2 Å². The van der Waals surface area contributed by atoms with Crippen LogP contribution in [0.25, 0.3) is 0 Å². The van der Waals surface area contributed by atoms with Gasteiger partial charge in [0.05, 0.1) is 0 Å². The summed E-state index contributed by atoms with van der Waals surface area (Å²) in [5.74, 6) is -1.26. The van der Waals surface area contributed by atoms with Gasteiger partial charge in [-0.3, -0.25) is 14.4 Å². The summed E-state index contributed by atoms with van der Waals surface area (Å²) in [5.41, 5.74) is 0. The fourth-order valence-corrected chi connectivity index (χ4v) is 6.99. The summed E-state index contributed by atoms with van der Waals surface area (Å²) in [4.78, 5) is 35.0. The third kappa shape index (κ3) is 44.2. The zero-order chi connectivity index (χ0) is 40.1. The molecule has 0 radical (unpaired) electrons. The van der Waals surface area contributed by atoms with Crippen molar-refractivity contribution in [1.82, 2.24) is 5.32 Å². The van der Waals surface area contributed by atoms with Gasteiger partial charge in [-0.25, -0.2) is 0 Å². The highest BCUT2D eigenvalue weighted by Gasteiger charge is 2.12. The second kappa shape index (κ2) is 44.3. The van der Waals surface area contributed by atoms with E-state index in [-0.39, 0.29) is 24.5 Å². The van der Waals surface area contributed by atoms with Crippen LogP contribution < -0.4 is 5.32 Å². The minimum absolute atomic E-state index is 0.0532. The Kier molecular flexibility index (Phi) is 42.4. The van der Waals surface area contributed by atoms with Crippen LogP contribution in [0, 0.1) is 0 Å². The standard InChI is InChI=1S/C49H89NO5/c1-3-5-7-9-11-13-14-15-16-17-18-19-20-21-22-23-24-25-26-28-30-36-40-44-49(54)55-46(41-37-33-29-27-12-10-8-6-4-2)42-38-34-31-32-35-39-43-47(51)50-45-48(52)53/h14-15,17-18,37,41,46H,3-13,16,19-36,38-40,42-45H2,1-2H3,(H,50,51)(H,52,53)/b15-14-,18-17-,41-37-. The fraction of sp³-hybridized carbons (Fsp3) is 0.816. The highest BCUT2D eigenvalue weighted by atomic mass is 16.5. The number of carbonyl (C=O) groups is 3. The Balaban J connectivity index is 4.01. The van der Waals surface area contributed by atoms with Gasteiger partial charge in [-0.15, -0.1) is 0 Å². The van der Waals surface area contributed by atoms with Gasteiger partial charge in [-0.1, -0.05) is 192 Å². The molecule has 0 saturated heterocycles. The average molecular weight is 772 g/mol. The summed E-state index contributed by atoms with van der Waals surface area (Å²) in [6.45, 7) is 4.22. The molecule has 0 fully saturated rings. The van der Waals surface area contributed by atoms with Crippen LogP contribution in [0.2, 0.25) is 0 Å². The zero-order valence-corrected chi connectivity index (χ0v) is 36.3. The van der Waals surface area contributed by atoms with E-state index in [4.69, 9.17) is 9.84 Å². The maximum Gasteiger partial charge on any atom is 0.322 e. The normalized spacial score (nSPS) is 12.3. The molecule has 0 aliphatic carbocycles. The van der Waals surface area contributed by atoms with Crippen LogP contribution in [-0.4, -0.2) is 35.6 Å². The van der Waals surface area contributed by atoms with Crippen molar-refractivity contribution in [2.75, 3.05) is 6.54 Å². The predicted molar refractivity (Wildman–Crippen MR) is 236 cm³/mol. The van der Waals surface area contributed by atoms with Gasteiger partial charge in [0.15, 0.2) is 0 Å². The molecule has 320 valence electrons. The molecule has 0 aliphatic heterocycles. The van der Waals surface area contributed by atoms with E-state index >= 15 is 0 Å². The first-order chi connectivity index (χ1) is 27.0. The first-order valence-corrected chi connectivity index (χ1v) is 23.6. The number of carbonyl (C=O) groups excluding carboxylic acids is 2. The van der Waals surface area contributed by atoms with Crippen LogP contribution in [0.5, 0.6) is 0 Å². The second-order valence-corrected chi connectivity index (χ2v) is 16.0. The van der Waals surface area contributed by atoms with E-state index < -0.39 is 5.97 Å². The maximum atomic E-state index is 12.7. The molecule has 0 heterocycles. The minimum Gasteiger partial charge on any atom is -0.480 e. The fourth-order valence-electron chi connectivity index (χ4n) is 6.99. The van der Waals surface area contributed by atoms with Crippen molar-refractivity contribution in [2.24, 2.45) is 0 Å². The van der Waals surface area contributed by atoms with E-state index in [1.54, 1.807) is 0 Å².